The summed E-state index contributed by atoms with van der Waals surface area (Å²) in [7, 11) is 0. The van der Waals surface area contributed by atoms with Crippen LogP contribution < -0.4 is 16.0 Å². The summed E-state index contributed by atoms with van der Waals surface area (Å²) in [4.78, 5) is 20.6. The molecule has 1 unspecified atom stereocenters. The number of hydrogen-bond donors (Lipinski definition) is 4. The largest absolute Gasteiger partial charge is 0.339 e. The number of aryl methyl sites for hydroxylation is 1. The van der Waals surface area contributed by atoms with E-state index in [1.165, 1.54) is 5.57 Å². The van der Waals surface area contributed by atoms with E-state index in [0.29, 0.717) is 6.42 Å². The lowest BCUT2D eigenvalue weighted by Gasteiger charge is -2.19. The Morgan fingerprint density at radius 3 is 2.89 bits per heavy atom. The van der Waals surface area contributed by atoms with Crippen molar-refractivity contribution in [2.45, 2.75) is 45.2 Å². The molecule has 6 rings (SSSR count). The number of allylic oxidation sites excluding steroid dienone is 5. The molecule has 1 atom stereocenters. The zero-order valence-electron chi connectivity index (χ0n) is 21.6. The molecule has 8 nitrogen and oxygen atoms in total. The Balaban J connectivity index is 1.25. The van der Waals surface area contributed by atoms with Crippen LogP contribution in [-0.4, -0.2) is 44.9 Å². The van der Waals surface area contributed by atoms with Crippen LogP contribution in [0.1, 0.15) is 44.0 Å². The molecule has 4 heterocycles. The Morgan fingerprint density at radius 2 is 2.13 bits per heavy atom. The fraction of sp³-hybridized carbons (Fsp3) is 0.300. The molecule has 0 aromatic carbocycles. The summed E-state index contributed by atoms with van der Waals surface area (Å²) in [5, 5.41) is 15.4. The average molecular weight is 508 g/mol. The van der Waals surface area contributed by atoms with Gasteiger partial charge in [0, 0.05) is 47.8 Å². The summed E-state index contributed by atoms with van der Waals surface area (Å²) in [6, 6.07) is 4.05. The van der Waals surface area contributed by atoms with E-state index < -0.39 is 0 Å². The standard InChI is InChI=1S/C30H33N7O/c1-2-37-19-26(24-14-17-32-29-25(24)18-27(35-29)20-12-15-31-16-13-20)28(36-37)21-8-10-23(11-9-21)34-30(38)33-22-6-4-3-5-7-22/h4,6-10,12,14,17-19,23,31H,2-3,5,11,13,15-16H2,1H3,(H,32,35)(H2,33,34,38). The predicted octanol–water partition coefficient (Wildman–Crippen LogP) is 5.07. The van der Waals surface area contributed by atoms with Crippen LogP contribution in [0.2, 0.25) is 0 Å². The highest BCUT2D eigenvalue weighted by molar-refractivity contribution is 5.98. The second-order valence-electron chi connectivity index (χ2n) is 9.83. The highest BCUT2D eigenvalue weighted by Crippen LogP contribution is 2.36. The lowest BCUT2D eigenvalue weighted by Crippen LogP contribution is -2.41. The smallest absolute Gasteiger partial charge is 0.319 e. The zero-order chi connectivity index (χ0) is 25.9. The normalized spacial score (nSPS) is 19.2. The average Bonchev–Trinajstić information content (AvgIpc) is 3.59. The van der Waals surface area contributed by atoms with Gasteiger partial charge < -0.3 is 20.9 Å². The third-order valence-electron chi connectivity index (χ3n) is 7.26. The van der Waals surface area contributed by atoms with Crippen molar-refractivity contribution in [1.82, 2.24) is 35.7 Å². The second kappa shape index (κ2) is 10.7. The fourth-order valence-electron chi connectivity index (χ4n) is 5.24. The number of urea groups is 1. The molecule has 0 saturated heterocycles. The van der Waals surface area contributed by atoms with E-state index in [-0.39, 0.29) is 12.1 Å². The third kappa shape index (κ3) is 4.99. The molecule has 2 amide bonds. The minimum atomic E-state index is -0.184. The Morgan fingerprint density at radius 1 is 1.18 bits per heavy atom. The summed E-state index contributed by atoms with van der Waals surface area (Å²) in [6.07, 6.45) is 22.3. The van der Waals surface area contributed by atoms with Gasteiger partial charge in [-0.3, -0.25) is 4.68 Å². The number of hydrogen-bond acceptors (Lipinski definition) is 4. The number of aromatic amines is 1. The third-order valence-corrected chi connectivity index (χ3v) is 7.26. The van der Waals surface area contributed by atoms with Crippen LogP contribution in [0.25, 0.3) is 33.3 Å². The molecular formula is C30H33N7O. The van der Waals surface area contributed by atoms with Gasteiger partial charge in [0.25, 0.3) is 0 Å². The minimum absolute atomic E-state index is 0.0678. The molecule has 0 spiro atoms. The molecule has 194 valence electrons. The van der Waals surface area contributed by atoms with E-state index >= 15 is 0 Å². The minimum Gasteiger partial charge on any atom is -0.339 e. The van der Waals surface area contributed by atoms with Crippen LogP contribution >= 0.6 is 0 Å². The van der Waals surface area contributed by atoms with Crippen LogP contribution in [-0.2, 0) is 6.54 Å². The fourth-order valence-corrected chi connectivity index (χ4v) is 5.24. The highest BCUT2D eigenvalue weighted by atomic mass is 16.2. The molecule has 8 heteroatoms. The van der Waals surface area contributed by atoms with Gasteiger partial charge in [0.2, 0.25) is 0 Å². The molecule has 0 radical (unpaired) electrons. The topological polar surface area (TPSA) is 99.7 Å². The van der Waals surface area contributed by atoms with Crippen molar-refractivity contribution in [3.05, 3.63) is 84.1 Å². The van der Waals surface area contributed by atoms with Gasteiger partial charge in [-0.2, -0.15) is 5.10 Å². The molecule has 0 fully saturated rings. The van der Waals surface area contributed by atoms with Gasteiger partial charge >= 0.3 is 6.03 Å². The second-order valence-corrected chi connectivity index (χ2v) is 9.83. The number of nitrogens with one attached hydrogen (secondary N) is 4. The molecule has 0 saturated carbocycles. The number of carbonyl (C=O) groups excluding carboxylic acids is 1. The van der Waals surface area contributed by atoms with Crippen LogP contribution in [0.4, 0.5) is 4.79 Å². The maximum atomic E-state index is 12.5. The van der Waals surface area contributed by atoms with Crippen molar-refractivity contribution in [3.63, 3.8) is 0 Å². The van der Waals surface area contributed by atoms with E-state index in [2.05, 4.69) is 81.6 Å². The number of fused-ring (bicyclic) bond motifs is 1. The lowest BCUT2D eigenvalue weighted by atomic mass is 9.95. The van der Waals surface area contributed by atoms with Crippen LogP contribution in [0.5, 0.6) is 0 Å². The first kappa shape index (κ1) is 24.2. The van der Waals surface area contributed by atoms with E-state index in [0.717, 1.165) is 83.7 Å². The Kier molecular flexibility index (Phi) is 6.79. The molecule has 0 bridgehead atoms. The van der Waals surface area contributed by atoms with Crippen LogP contribution in [0, 0.1) is 0 Å². The number of H-pyrrole nitrogens is 1. The van der Waals surface area contributed by atoms with Crippen molar-refractivity contribution < 1.29 is 4.79 Å². The molecule has 3 aromatic heterocycles. The first-order chi connectivity index (χ1) is 18.7. The van der Waals surface area contributed by atoms with Crippen molar-refractivity contribution in [3.8, 4) is 11.1 Å². The maximum absolute atomic E-state index is 12.5. The van der Waals surface area contributed by atoms with Gasteiger partial charge in [-0.15, -0.1) is 0 Å². The van der Waals surface area contributed by atoms with E-state index in [4.69, 9.17) is 5.10 Å². The first-order valence-electron chi connectivity index (χ1n) is 13.5. The molecule has 1 aliphatic heterocycles. The van der Waals surface area contributed by atoms with Gasteiger partial charge in [0.05, 0.1) is 11.7 Å². The lowest BCUT2D eigenvalue weighted by molar-refractivity contribution is 0.241. The molecule has 4 N–H and O–H groups in total. The van der Waals surface area contributed by atoms with E-state index in [1.807, 2.05) is 23.0 Å². The zero-order valence-corrected chi connectivity index (χ0v) is 21.6. The summed E-state index contributed by atoms with van der Waals surface area (Å²) in [5.41, 5.74) is 8.41. The van der Waals surface area contributed by atoms with Crippen LogP contribution in [0.15, 0.2) is 72.8 Å². The van der Waals surface area contributed by atoms with Crippen molar-refractivity contribution in [2.24, 2.45) is 0 Å². The Bertz CT molecular complexity index is 1510. The summed E-state index contributed by atoms with van der Waals surface area (Å²) in [5.74, 6) is 0. The SMILES string of the molecule is CCn1cc(-c2ccnc3[nH]c(C4=CCNCC4)cc23)c(C2=CCC(NC(=O)NC3=CCCC=C3)C=C2)n1. The molecule has 2 aliphatic carbocycles. The quantitative estimate of drug-likeness (QED) is 0.374. The Labute approximate surface area is 222 Å². The van der Waals surface area contributed by atoms with Crippen molar-refractivity contribution in [2.75, 3.05) is 13.1 Å². The van der Waals surface area contributed by atoms with Gasteiger partial charge in [0.15, 0.2) is 0 Å². The number of rotatable bonds is 6. The highest BCUT2D eigenvalue weighted by Gasteiger charge is 2.21. The van der Waals surface area contributed by atoms with Crippen molar-refractivity contribution in [1.29, 1.82) is 0 Å². The predicted molar refractivity (Wildman–Crippen MR) is 152 cm³/mol. The monoisotopic (exact) mass is 507 g/mol. The summed E-state index contributed by atoms with van der Waals surface area (Å²) >= 11 is 0. The van der Waals surface area contributed by atoms with Gasteiger partial charge in [-0.05, 0) is 74.1 Å². The molecule has 3 aromatic rings. The number of carbonyl (C=O) groups is 1. The van der Waals surface area contributed by atoms with E-state index in [1.54, 1.807) is 0 Å². The molecular weight excluding hydrogens is 474 g/mol. The van der Waals surface area contributed by atoms with Crippen LogP contribution in [0.3, 0.4) is 0 Å². The van der Waals surface area contributed by atoms with Gasteiger partial charge in [-0.25, -0.2) is 9.78 Å². The number of pyridine rings is 1. The molecule has 38 heavy (non-hydrogen) atoms. The first-order valence-corrected chi connectivity index (χ1v) is 13.5. The van der Waals surface area contributed by atoms with E-state index in [9.17, 15) is 4.79 Å². The maximum Gasteiger partial charge on any atom is 0.319 e. The van der Waals surface area contributed by atoms with Gasteiger partial charge in [-0.1, -0.05) is 36.5 Å². The number of nitrogens with zero attached hydrogens (tertiary/aromatic N) is 3. The van der Waals surface area contributed by atoms with Gasteiger partial charge in [0.1, 0.15) is 5.65 Å². The molecule has 3 aliphatic rings. The number of amides is 2. The Hall–Kier alpha value is -4.17. The van der Waals surface area contributed by atoms with Crippen molar-refractivity contribution >= 4 is 28.2 Å². The summed E-state index contributed by atoms with van der Waals surface area (Å²) < 4.78 is 1.98. The number of aromatic nitrogens is 4. The summed E-state index contributed by atoms with van der Waals surface area (Å²) in [6.45, 7) is 4.76.